The Bertz CT molecular complexity index is 587. The van der Waals surface area contributed by atoms with Crippen LogP contribution in [0.25, 0.3) is 0 Å². The average molecular weight is 308 g/mol. The molecular formula is C15H17FN2O2S. The van der Waals surface area contributed by atoms with E-state index in [0.29, 0.717) is 31.9 Å². The SMILES string of the molecule is NCCCOc1ccc(F)cc1C(=O)NCc1cccs1. The van der Waals surface area contributed by atoms with Gasteiger partial charge in [0.25, 0.3) is 5.91 Å². The van der Waals surface area contributed by atoms with Gasteiger partial charge in [0.15, 0.2) is 0 Å². The molecule has 0 saturated heterocycles. The minimum atomic E-state index is -0.470. The molecule has 3 N–H and O–H groups in total. The molecular weight excluding hydrogens is 291 g/mol. The summed E-state index contributed by atoms with van der Waals surface area (Å²) in [7, 11) is 0. The number of rotatable bonds is 7. The first kappa shape index (κ1) is 15.5. The number of hydrogen-bond donors (Lipinski definition) is 2. The van der Waals surface area contributed by atoms with Gasteiger partial charge in [-0.2, -0.15) is 0 Å². The van der Waals surface area contributed by atoms with Gasteiger partial charge in [-0.1, -0.05) is 6.07 Å². The summed E-state index contributed by atoms with van der Waals surface area (Å²) < 4.78 is 18.8. The molecule has 0 bridgehead atoms. The van der Waals surface area contributed by atoms with Crippen LogP contribution in [0.15, 0.2) is 35.7 Å². The Morgan fingerprint density at radius 2 is 2.24 bits per heavy atom. The molecule has 6 heteroatoms. The number of carbonyl (C=O) groups is 1. The smallest absolute Gasteiger partial charge is 0.255 e. The lowest BCUT2D eigenvalue weighted by atomic mass is 10.2. The third-order valence-corrected chi connectivity index (χ3v) is 3.67. The van der Waals surface area contributed by atoms with Crippen LogP contribution in [-0.4, -0.2) is 19.1 Å². The van der Waals surface area contributed by atoms with E-state index >= 15 is 0 Å². The lowest BCUT2D eigenvalue weighted by Gasteiger charge is -2.11. The first-order chi connectivity index (χ1) is 10.2. The van der Waals surface area contributed by atoms with Gasteiger partial charge < -0.3 is 15.8 Å². The van der Waals surface area contributed by atoms with Crippen LogP contribution in [0.2, 0.25) is 0 Å². The maximum Gasteiger partial charge on any atom is 0.255 e. The van der Waals surface area contributed by atoms with Crippen molar-refractivity contribution in [2.24, 2.45) is 5.73 Å². The second kappa shape index (κ2) is 7.75. The number of halogens is 1. The third kappa shape index (κ3) is 4.54. The molecule has 0 aliphatic carbocycles. The fourth-order valence-electron chi connectivity index (χ4n) is 1.75. The van der Waals surface area contributed by atoms with Crippen molar-refractivity contribution in [2.45, 2.75) is 13.0 Å². The molecule has 0 atom stereocenters. The van der Waals surface area contributed by atoms with Crippen molar-refractivity contribution in [3.8, 4) is 5.75 Å². The number of carbonyl (C=O) groups excluding carboxylic acids is 1. The monoisotopic (exact) mass is 308 g/mol. The molecule has 0 spiro atoms. The van der Waals surface area contributed by atoms with Crippen LogP contribution in [0.3, 0.4) is 0 Å². The Morgan fingerprint density at radius 3 is 2.95 bits per heavy atom. The molecule has 21 heavy (non-hydrogen) atoms. The zero-order chi connectivity index (χ0) is 15.1. The molecule has 0 aliphatic heterocycles. The predicted octanol–water partition coefficient (Wildman–Crippen LogP) is 2.54. The second-order valence-electron chi connectivity index (χ2n) is 4.39. The van der Waals surface area contributed by atoms with Gasteiger partial charge in [-0.25, -0.2) is 4.39 Å². The van der Waals surface area contributed by atoms with Crippen LogP contribution in [0.5, 0.6) is 5.75 Å². The summed E-state index contributed by atoms with van der Waals surface area (Å²) in [6, 6.07) is 7.76. The van der Waals surface area contributed by atoms with Crippen molar-refractivity contribution >= 4 is 17.2 Å². The largest absolute Gasteiger partial charge is 0.493 e. The Hall–Kier alpha value is -1.92. The summed E-state index contributed by atoms with van der Waals surface area (Å²) in [6.45, 7) is 1.31. The molecule has 0 saturated carbocycles. The van der Waals surface area contributed by atoms with Crippen molar-refractivity contribution in [2.75, 3.05) is 13.2 Å². The number of ether oxygens (including phenoxy) is 1. The lowest BCUT2D eigenvalue weighted by molar-refractivity contribution is 0.0946. The van der Waals surface area contributed by atoms with E-state index in [4.69, 9.17) is 10.5 Å². The highest BCUT2D eigenvalue weighted by atomic mass is 32.1. The van der Waals surface area contributed by atoms with Gasteiger partial charge in [-0.05, 0) is 42.6 Å². The number of amides is 1. The normalized spacial score (nSPS) is 10.4. The van der Waals surface area contributed by atoms with Gasteiger partial charge in [-0.3, -0.25) is 4.79 Å². The maximum atomic E-state index is 13.4. The van der Waals surface area contributed by atoms with Crippen molar-refractivity contribution in [1.82, 2.24) is 5.32 Å². The van der Waals surface area contributed by atoms with Gasteiger partial charge in [-0.15, -0.1) is 11.3 Å². The molecule has 0 aliphatic rings. The summed E-state index contributed by atoms with van der Waals surface area (Å²) in [6.07, 6.45) is 0.674. The van der Waals surface area contributed by atoms with Crippen LogP contribution in [0, 0.1) is 5.82 Å². The molecule has 1 aromatic carbocycles. The van der Waals surface area contributed by atoms with Crippen LogP contribution >= 0.6 is 11.3 Å². The first-order valence-corrected chi connectivity index (χ1v) is 7.51. The highest BCUT2D eigenvalue weighted by Crippen LogP contribution is 2.20. The summed E-state index contributed by atoms with van der Waals surface area (Å²) in [4.78, 5) is 13.2. The van der Waals surface area contributed by atoms with E-state index in [9.17, 15) is 9.18 Å². The first-order valence-electron chi connectivity index (χ1n) is 6.63. The van der Waals surface area contributed by atoms with Crippen LogP contribution in [0.1, 0.15) is 21.7 Å². The van der Waals surface area contributed by atoms with E-state index in [2.05, 4.69) is 5.32 Å². The van der Waals surface area contributed by atoms with E-state index < -0.39 is 5.82 Å². The molecule has 112 valence electrons. The van der Waals surface area contributed by atoms with Gasteiger partial charge in [0.1, 0.15) is 11.6 Å². The zero-order valence-electron chi connectivity index (χ0n) is 11.5. The summed E-state index contributed by atoms with van der Waals surface area (Å²) in [5.74, 6) is -0.457. The fraction of sp³-hybridized carbons (Fsp3) is 0.267. The van der Waals surface area contributed by atoms with Gasteiger partial charge in [0.05, 0.1) is 18.7 Å². The second-order valence-corrected chi connectivity index (χ2v) is 5.43. The third-order valence-electron chi connectivity index (χ3n) is 2.80. The van der Waals surface area contributed by atoms with Crippen molar-refractivity contribution in [1.29, 1.82) is 0 Å². The number of thiophene rings is 1. The quantitative estimate of drug-likeness (QED) is 0.773. The standard InChI is InChI=1S/C15H17FN2O2S/c16-11-4-5-14(20-7-2-6-17)13(9-11)15(19)18-10-12-3-1-8-21-12/h1,3-5,8-9H,2,6-7,10,17H2,(H,18,19). The van der Waals surface area contributed by atoms with Crippen LogP contribution in [0.4, 0.5) is 4.39 Å². The van der Waals surface area contributed by atoms with E-state index in [-0.39, 0.29) is 11.5 Å². The highest BCUT2D eigenvalue weighted by Gasteiger charge is 2.14. The van der Waals surface area contributed by atoms with Gasteiger partial charge in [0, 0.05) is 4.88 Å². The Kier molecular flexibility index (Phi) is 5.71. The number of benzene rings is 1. The van der Waals surface area contributed by atoms with E-state index in [0.717, 1.165) is 4.88 Å². The number of hydrogen-bond acceptors (Lipinski definition) is 4. The number of nitrogens with one attached hydrogen (secondary N) is 1. The summed E-state index contributed by atoms with van der Waals surface area (Å²) in [5, 5.41) is 4.70. The molecule has 2 rings (SSSR count). The van der Waals surface area contributed by atoms with E-state index in [1.807, 2.05) is 17.5 Å². The molecule has 0 unspecified atom stereocenters. The Labute approximate surface area is 126 Å². The number of nitrogens with two attached hydrogens (primary N) is 1. The van der Waals surface area contributed by atoms with E-state index in [1.165, 1.54) is 18.2 Å². The maximum absolute atomic E-state index is 13.4. The molecule has 1 aromatic heterocycles. The van der Waals surface area contributed by atoms with Crippen LogP contribution in [-0.2, 0) is 6.54 Å². The summed E-state index contributed by atoms with van der Waals surface area (Å²) >= 11 is 1.55. The zero-order valence-corrected chi connectivity index (χ0v) is 12.3. The van der Waals surface area contributed by atoms with Gasteiger partial charge in [0.2, 0.25) is 0 Å². The molecule has 1 heterocycles. The van der Waals surface area contributed by atoms with Gasteiger partial charge >= 0.3 is 0 Å². The van der Waals surface area contributed by atoms with E-state index in [1.54, 1.807) is 11.3 Å². The van der Waals surface area contributed by atoms with Crippen LogP contribution < -0.4 is 15.8 Å². The minimum absolute atomic E-state index is 0.198. The topological polar surface area (TPSA) is 64.3 Å². The molecule has 4 nitrogen and oxygen atoms in total. The summed E-state index contributed by atoms with van der Waals surface area (Å²) in [5.41, 5.74) is 5.60. The van der Waals surface area contributed by atoms with Crippen molar-refractivity contribution < 1.29 is 13.9 Å². The molecule has 1 amide bonds. The predicted molar refractivity (Wildman–Crippen MR) is 81.1 cm³/mol. The molecule has 2 aromatic rings. The average Bonchev–Trinajstić information content (AvgIpc) is 3.00. The molecule has 0 radical (unpaired) electrons. The fourth-order valence-corrected chi connectivity index (χ4v) is 2.39. The molecule has 0 fully saturated rings. The Morgan fingerprint density at radius 1 is 1.38 bits per heavy atom. The minimum Gasteiger partial charge on any atom is -0.493 e. The van der Waals surface area contributed by atoms with Crippen molar-refractivity contribution in [3.05, 3.63) is 52.0 Å². The highest BCUT2D eigenvalue weighted by molar-refractivity contribution is 7.09. The van der Waals surface area contributed by atoms with Crippen molar-refractivity contribution in [3.63, 3.8) is 0 Å². The Balaban J connectivity index is 2.05. The lowest BCUT2D eigenvalue weighted by Crippen LogP contribution is -2.23.